The molecule has 0 aromatic heterocycles. The first kappa shape index (κ1) is 13.9. The maximum absolute atomic E-state index is 8.67. The molecule has 0 spiro atoms. The number of allylic oxidation sites excluding steroid dienone is 5. The van der Waals surface area contributed by atoms with Gasteiger partial charge in [-0.05, 0) is 18.4 Å². The van der Waals surface area contributed by atoms with Crippen molar-refractivity contribution in [3.8, 4) is 0 Å². The minimum Gasteiger partial charge on any atom is -0.392 e. The lowest BCUT2D eigenvalue weighted by Gasteiger charge is -1.89. The molecular weight excluding hydrogens is 184 g/mol. The molecule has 1 heteroatoms. The van der Waals surface area contributed by atoms with Crippen molar-refractivity contribution in [1.82, 2.24) is 0 Å². The molecule has 0 radical (unpaired) electrons. The molecule has 0 aliphatic carbocycles. The molecule has 0 aliphatic heterocycles. The summed E-state index contributed by atoms with van der Waals surface area (Å²) in [5.74, 6) is 0. The van der Waals surface area contributed by atoms with Gasteiger partial charge in [0.25, 0.3) is 0 Å². The third-order valence-corrected chi connectivity index (χ3v) is 1.98. The maximum atomic E-state index is 8.67. The van der Waals surface area contributed by atoms with Crippen molar-refractivity contribution in [2.75, 3.05) is 6.61 Å². The van der Waals surface area contributed by atoms with Crippen molar-refractivity contribution < 1.29 is 5.11 Å². The molecule has 84 valence electrons. The highest BCUT2D eigenvalue weighted by Crippen LogP contribution is 1.99. The van der Waals surface area contributed by atoms with Gasteiger partial charge >= 0.3 is 0 Å². The van der Waals surface area contributed by atoms with Crippen LogP contribution in [0.5, 0.6) is 0 Å². The minimum atomic E-state index is 0.0250. The summed E-state index contributed by atoms with van der Waals surface area (Å²) in [6.07, 6.45) is 16.9. The number of hydrogen-bond donors (Lipinski definition) is 1. The van der Waals surface area contributed by atoms with Crippen LogP contribution in [0.15, 0.2) is 48.6 Å². The summed E-state index contributed by atoms with van der Waals surface area (Å²) in [5, 5.41) is 8.67. The van der Waals surface area contributed by atoms with Crippen LogP contribution in [-0.2, 0) is 0 Å². The van der Waals surface area contributed by atoms with E-state index in [2.05, 4.69) is 25.7 Å². The molecule has 0 bridgehead atoms. The van der Waals surface area contributed by atoms with Gasteiger partial charge in [0.15, 0.2) is 0 Å². The Labute approximate surface area is 93.5 Å². The number of aliphatic hydroxyl groups is 1. The molecule has 0 unspecified atom stereocenters. The molecule has 1 nitrogen and oxygen atoms in total. The number of aliphatic hydroxyl groups excluding tert-OH is 1. The zero-order chi connectivity index (χ0) is 11.4. The molecule has 0 fully saturated rings. The van der Waals surface area contributed by atoms with Crippen molar-refractivity contribution in [3.63, 3.8) is 0 Å². The van der Waals surface area contributed by atoms with Crippen LogP contribution in [-0.4, -0.2) is 11.7 Å². The van der Waals surface area contributed by atoms with Crippen LogP contribution in [0.4, 0.5) is 0 Å². The molecule has 0 amide bonds. The van der Waals surface area contributed by atoms with E-state index >= 15 is 0 Å². The van der Waals surface area contributed by atoms with Crippen LogP contribution in [0.1, 0.15) is 32.6 Å². The quantitative estimate of drug-likeness (QED) is 0.473. The first-order chi connectivity index (χ1) is 7.31. The third-order valence-electron chi connectivity index (χ3n) is 1.98. The van der Waals surface area contributed by atoms with Crippen LogP contribution in [0, 0.1) is 0 Å². The van der Waals surface area contributed by atoms with Gasteiger partial charge in [0.1, 0.15) is 0 Å². The Morgan fingerprint density at radius 3 is 2.53 bits per heavy atom. The highest BCUT2D eigenvalue weighted by molar-refractivity contribution is 5.20. The third kappa shape index (κ3) is 10.8. The topological polar surface area (TPSA) is 20.2 Å². The van der Waals surface area contributed by atoms with Gasteiger partial charge in [0.05, 0.1) is 6.61 Å². The van der Waals surface area contributed by atoms with E-state index in [1.54, 1.807) is 6.08 Å². The second kappa shape index (κ2) is 11.0. The fourth-order valence-electron chi connectivity index (χ4n) is 1.06. The van der Waals surface area contributed by atoms with Gasteiger partial charge in [-0.25, -0.2) is 0 Å². The van der Waals surface area contributed by atoms with Gasteiger partial charge in [0, 0.05) is 0 Å². The van der Waals surface area contributed by atoms with Crippen LogP contribution in [0.3, 0.4) is 0 Å². The van der Waals surface area contributed by atoms with E-state index in [9.17, 15) is 0 Å². The summed E-state index contributed by atoms with van der Waals surface area (Å²) in [6, 6.07) is 0. The summed E-state index contributed by atoms with van der Waals surface area (Å²) in [4.78, 5) is 0. The standard InChI is InChI=1S/C14H22O/c1-3-4-5-6-7-8-9-10-11-12-14(2)13-15/h7-12,15H,2-6,13H2,1H3. The van der Waals surface area contributed by atoms with Gasteiger partial charge in [-0.2, -0.15) is 0 Å². The van der Waals surface area contributed by atoms with Crippen molar-refractivity contribution >= 4 is 0 Å². The van der Waals surface area contributed by atoms with Crippen LogP contribution in [0.25, 0.3) is 0 Å². The fourth-order valence-corrected chi connectivity index (χ4v) is 1.06. The second-order valence-corrected chi connectivity index (χ2v) is 3.48. The van der Waals surface area contributed by atoms with Crippen LogP contribution < -0.4 is 0 Å². The van der Waals surface area contributed by atoms with Crippen LogP contribution >= 0.6 is 0 Å². The number of unbranched alkanes of at least 4 members (excludes halogenated alkanes) is 3. The Morgan fingerprint density at radius 2 is 1.87 bits per heavy atom. The Balaban J connectivity index is 3.53. The Hall–Kier alpha value is -1.08. The van der Waals surface area contributed by atoms with Crippen molar-refractivity contribution in [2.24, 2.45) is 0 Å². The van der Waals surface area contributed by atoms with E-state index in [0.717, 1.165) is 12.0 Å². The molecule has 0 saturated carbocycles. The first-order valence-electron chi connectivity index (χ1n) is 5.59. The monoisotopic (exact) mass is 206 g/mol. The summed E-state index contributed by atoms with van der Waals surface area (Å²) in [5.41, 5.74) is 0.728. The first-order valence-corrected chi connectivity index (χ1v) is 5.59. The Bertz CT molecular complexity index is 234. The van der Waals surface area contributed by atoms with E-state index in [0.29, 0.717) is 0 Å². The van der Waals surface area contributed by atoms with E-state index in [4.69, 9.17) is 5.11 Å². The van der Waals surface area contributed by atoms with Crippen molar-refractivity contribution in [3.05, 3.63) is 48.6 Å². The molecule has 15 heavy (non-hydrogen) atoms. The maximum Gasteiger partial charge on any atom is 0.0676 e. The van der Waals surface area contributed by atoms with E-state index in [1.807, 2.05) is 18.2 Å². The van der Waals surface area contributed by atoms with Gasteiger partial charge in [-0.15, -0.1) is 0 Å². The molecule has 0 saturated heterocycles. The normalized spacial score (nSPS) is 12.1. The molecule has 0 atom stereocenters. The lowest BCUT2D eigenvalue weighted by Crippen LogP contribution is -1.80. The SMILES string of the molecule is C=C(C=CC=CC=CCCCCC)CO. The molecule has 0 rings (SSSR count). The number of rotatable bonds is 8. The summed E-state index contributed by atoms with van der Waals surface area (Å²) in [6.45, 7) is 5.89. The lowest BCUT2D eigenvalue weighted by molar-refractivity contribution is 0.335. The number of hydrogen-bond acceptors (Lipinski definition) is 1. The van der Waals surface area contributed by atoms with E-state index < -0.39 is 0 Å². The van der Waals surface area contributed by atoms with Gasteiger partial charge in [-0.3, -0.25) is 0 Å². The van der Waals surface area contributed by atoms with Gasteiger partial charge < -0.3 is 5.11 Å². The van der Waals surface area contributed by atoms with Crippen molar-refractivity contribution in [2.45, 2.75) is 32.6 Å². The zero-order valence-electron chi connectivity index (χ0n) is 9.65. The predicted molar refractivity (Wildman–Crippen MR) is 67.8 cm³/mol. The van der Waals surface area contributed by atoms with Crippen molar-refractivity contribution in [1.29, 1.82) is 0 Å². The summed E-state index contributed by atoms with van der Waals surface area (Å²) >= 11 is 0. The molecule has 0 aromatic rings. The molecule has 0 aliphatic rings. The van der Waals surface area contributed by atoms with E-state index in [1.165, 1.54) is 19.3 Å². The Morgan fingerprint density at radius 1 is 1.13 bits per heavy atom. The minimum absolute atomic E-state index is 0.0250. The lowest BCUT2D eigenvalue weighted by atomic mass is 10.2. The van der Waals surface area contributed by atoms with Gasteiger partial charge in [0.2, 0.25) is 0 Å². The van der Waals surface area contributed by atoms with E-state index in [-0.39, 0.29) is 6.61 Å². The second-order valence-electron chi connectivity index (χ2n) is 3.48. The predicted octanol–water partition coefficient (Wildman–Crippen LogP) is 3.78. The highest BCUT2D eigenvalue weighted by Gasteiger charge is 1.80. The molecule has 0 aromatic carbocycles. The molecule has 0 heterocycles. The van der Waals surface area contributed by atoms with Gasteiger partial charge in [-0.1, -0.05) is 62.8 Å². The zero-order valence-corrected chi connectivity index (χ0v) is 9.65. The molecule has 1 N–H and O–H groups in total. The average Bonchev–Trinajstić information content (AvgIpc) is 2.26. The van der Waals surface area contributed by atoms with Crippen LogP contribution in [0.2, 0.25) is 0 Å². The Kier molecular flexibility index (Phi) is 10.2. The smallest absolute Gasteiger partial charge is 0.0676 e. The average molecular weight is 206 g/mol. The summed E-state index contributed by atoms with van der Waals surface area (Å²) < 4.78 is 0. The fraction of sp³-hybridized carbons (Fsp3) is 0.429. The highest BCUT2D eigenvalue weighted by atomic mass is 16.3. The summed E-state index contributed by atoms with van der Waals surface area (Å²) in [7, 11) is 0. The molecular formula is C14H22O. The largest absolute Gasteiger partial charge is 0.392 e.